The van der Waals surface area contributed by atoms with E-state index in [1.807, 2.05) is 36.4 Å². The van der Waals surface area contributed by atoms with Crippen molar-refractivity contribution in [3.05, 3.63) is 90.0 Å². The molecular weight excluding hydrogens is 554 g/mol. The molecule has 5 rings (SSSR count). The molecule has 0 radical (unpaired) electrons. The van der Waals surface area contributed by atoms with E-state index in [2.05, 4.69) is 20.0 Å². The zero-order chi connectivity index (χ0) is 29.7. The van der Waals surface area contributed by atoms with Crippen molar-refractivity contribution in [2.45, 2.75) is 43.5 Å². The second-order valence-electron chi connectivity index (χ2n) is 10.4. The summed E-state index contributed by atoms with van der Waals surface area (Å²) in [5.41, 5.74) is 14.2. The highest BCUT2D eigenvalue weighted by molar-refractivity contribution is 7.88. The van der Waals surface area contributed by atoms with E-state index in [0.717, 1.165) is 5.56 Å². The lowest BCUT2D eigenvalue weighted by Gasteiger charge is -2.29. The summed E-state index contributed by atoms with van der Waals surface area (Å²) in [5.74, 6) is -0.597. The largest absolute Gasteiger partial charge is 0.383 e. The molecule has 2 atom stereocenters. The minimum atomic E-state index is -3.84. The molecular formula is C30H33N7O4S. The van der Waals surface area contributed by atoms with Gasteiger partial charge in [0.15, 0.2) is 0 Å². The van der Waals surface area contributed by atoms with Crippen LogP contribution < -0.4 is 21.5 Å². The molecule has 218 valence electrons. The fourth-order valence-corrected chi connectivity index (χ4v) is 6.63. The van der Waals surface area contributed by atoms with Crippen molar-refractivity contribution in [2.75, 3.05) is 23.3 Å². The smallest absolute Gasteiger partial charge is 0.241 e. The van der Waals surface area contributed by atoms with Crippen LogP contribution >= 0.6 is 0 Å². The fraction of sp³-hybridized carbons (Fsp3) is 0.267. The van der Waals surface area contributed by atoms with Gasteiger partial charge in [-0.05, 0) is 48.6 Å². The average molecular weight is 588 g/mol. The lowest BCUT2D eigenvalue weighted by molar-refractivity contribution is -0.134. The van der Waals surface area contributed by atoms with Gasteiger partial charge in [-0.2, -0.15) is 4.98 Å². The highest BCUT2D eigenvalue weighted by Gasteiger charge is 2.36. The van der Waals surface area contributed by atoms with Crippen molar-refractivity contribution < 1.29 is 18.0 Å². The van der Waals surface area contributed by atoms with Crippen LogP contribution in [-0.2, 0) is 31.8 Å². The molecule has 3 aromatic carbocycles. The Labute approximate surface area is 244 Å². The van der Waals surface area contributed by atoms with Gasteiger partial charge in [-0.3, -0.25) is 9.59 Å². The lowest BCUT2D eigenvalue weighted by Crippen LogP contribution is -2.51. The Morgan fingerprint density at radius 2 is 1.64 bits per heavy atom. The van der Waals surface area contributed by atoms with Gasteiger partial charge in [0.1, 0.15) is 11.9 Å². The average Bonchev–Trinajstić information content (AvgIpc) is 3.41. The number of likely N-dealkylation sites (tertiary alicyclic amines) is 1. The molecule has 6 N–H and O–H groups in total. The summed E-state index contributed by atoms with van der Waals surface area (Å²) < 4.78 is 28.9. The summed E-state index contributed by atoms with van der Waals surface area (Å²) in [6.45, 7) is 0.438. The summed E-state index contributed by atoms with van der Waals surface area (Å²) in [5, 5.41) is 3.43. The number of nitrogens with two attached hydrogens (primary N) is 2. The quantitative estimate of drug-likeness (QED) is 0.219. The third kappa shape index (κ3) is 7.20. The van der Waals surface area contributed by atoms with Crippen LogP contribution in [0.4, 0.5) is 17.5 Å². The minimum Gasteiger partial charge on any atom is -0.383 e. The number of nitrogens with one attached hydrogen (secondary N) is 2. The predicted octanol–water partition coefficient (Wildman–Crippen LogP) is 2.84. The first-order valence-corrected chi connectivity index (χ1v) is 15.3. The summed E-state index contributed by atoms with van der Waals surface area (Å²) in [7, 11) is -3.84. The Bertz CT molecular complexity index is 1680. The van der Waals surface area contributed by atoms with Crippen molar-refractivity contribution in [2.24, 2.45) is 0 Å². The van der Waals surface area contributed by atoms with E-state index in [0.29, 0.717) is 41.5 Å². The monoisotopic (exact) mass is 587 g/mol. The molecule has 1 fully saturated rings. The van der Waals surface area contributed by atoms with Crippen molar-refractivity contribution in [1.82, 2.24) is 19.6 Å². The Hall–Kier alpha value is -4.55. The number of fused-ring (bicyclic) bond motifs is 1. The molecule has 0 unspecified atom stereocenters. The van der Waals surface area contributed by atoms with E-state index in [1.165, 1.54) is 0 Å². The first-order valence-electron chi connectivity index (χ1n) is 13.7. The zero-order valence-corrected chi connectivity index (χ0v) is 23.8. The van der Waals surface area contributed by atoms with E-state index < -0.39 is 16.1 Å². The number of hydrogen-bond donors (Lipinski definition) is 4. The van der Waals surface area contributed by atoms with Crippen LogP contribution in [0, 0.1) is 0 Å². The SMILES string of the molecule is Nc1nc(N)c2cc(NC(=O)C[C@@H]3CCCN3C(=O)[C@@H](Cc3ccccc3)NS(=O)(=O)Cc3ccccc3)ccc2n1. The van der Waals surface area contributed by atoms with Gasteiger partial charge in [0.2, 0.25) is 27.8 Å². The molecule has 1 aliphatic rings. The molecule has 2 amide bonds. The fourth-order valence-electron chi connectivity index (χ4n) is 5.29. The third-order valence-electron chi connectivity index (χ3n) is 7.21. The molecule has 0 saturated carbocycles. The molecule has 1 aliphatic heterocycles. The van der Waals surface area contributed by atoms with Crippen LogP contribution in [0.25, 0.3) is 10.9 Å². The summed E-state index contributed by atoms with van der Waals surface area (Å²) in [4.78, 5) is 36.7. The number of benzene rings is 3. The van der Waals surface area contributed by atoms with Crippen LogP contribution in [-0.4, -0.2) is 53.7 Å². The molecule has 12 heteroatoms. The minimum absolute atomic E-state index is 0.0618. The maximum atomic E-state index is 13.9. The Morgan fingerprint density at radius 1 is 0.952 bits per heavy atom. The highest BCUT2D eigenvalue weighted by Crippen LogP contribution is 2.25. The van der Waals surface area contributed by atoms with Crippen molar-refractivity contribution in [1.29, 1.82) is 0 Å². The highest BCUT2D eigenvalue weighted by atomic mass is 32.2. The number of anilines is 3. The van der Waals surface area contributed by atoms with Crippen molar-refractivity contribution in [3.8, 4) is 0 Å². The second-order valence-corrected chi connectivity index (χ2v) is 12.1. The Kier molecular flexibility index (Phi) is 8.64. The second kappa shape index (κ2) is 12.5. The van der Waals surface area contributed by atoms with E-state index in [9.17, 15) is 18.0 Å². The van der Waals surface area contributed by atoms with Gasteiger partial charge in [0.05, 0.1) is 11.3 Å². The number of rotatable bonds is 10. The van der Waals surface area contributed by atoms with Gasteiger partial charge >= 0.3 is 0 Å². The molecule has 4 aromatic rings. The first kappa shape index (κ1) is 29.0. The van der Waals surface area contributed by atoms with Crippen LogP contribution in [0.15, 0.2) is 78.9 Å². The van der Waals surface area contributed by atoms with Gasteiger partial charge in [-0.25, -0.2) is 18.1 Å². The molecule has 0 aliphatic carbocycles. The summed E-state index contributed by atoms with van der Waals surface area (Å²) in [6, 6.07) is 21.8. The summed E-state index contributed by atoms with van der Waals surface area (Å²) in [6.07, 6.45) is 1.59. The molecule has 2 heterocycles. The van der Waals surface area contributed by atoms with Crippen LogP contribution in [0.5, 0.6) is 0 Å². The van der Waals surface area contributed by atoms with Crippen LogP contribution in [0.3, 0.4) is 0 Å². The molecule has 0 bridgehead atoms. The number of aromatic nitrogens is 2. The van der Waals surface area contributed by atoms with Crippen LogP contribution in [0.1, 0.15) is 30.4 Å². The van der Waals surface area contributed by atoms with Gasteiger partial charge in [-0.15, -0.1) is 0 Å². The van der Waals surface area contributed by atoms with Crippen LogP contribution in [0.2, 0.25) is 0 Å². The van der Waals surface area contributed by atoms with Gasteiger partial charge < -0.3 is 21.7 Å². The van der Waals surface area contributed by atoms with E-state index in [4.69, 9.17) is 11.5 Å². The number of carbonyl (C=O) groups excluding carboxylic acids is 2. The number of carbonyl (C=O) groups is 2. The van der Waals surface area contributed by atoms with Gasteiger partial charge in [-0.1, -0.05) is 60.7 Å². The number of sulfonamides is 1. The van der Waals surface area contributed by atoms with E-state index in [1.54, 1.807) is 47.4 Å². The summed E-state index contributed by atoms with van der Waals surface area (Å²) >= 11 is 0. The molecule has 11 nitrogen and oxygen atoms in total. The molecule has 1 saturated heterocycles. The maximum Gasteiger partial charge on any atom is 0.241 e. The number of amides is 2. The zero-order valence-electron chi connectivity index (χ0n) is 22.9. The molecule has 1 aromatic heterocycles. The van der Waals surface area contributed by atoms with Gasteiger partial charge in [0, 0.05) is 30.1 Å². The lowest BCUT2D eigenvalue weighted by atomic mass is 10.0. The van der Waals surface area contributed by atoms with E-state index >= 15 is 0 Å². The number of nitrogen functional groups attached to an aromatic ring is 2. The Balaban J connectivity index is 1.30. The standard InChI is InChI=1S/C30H33N7O4S/c31-28-24-17-22(13-14-25(24)34-30(32)35-28)33-27(38)18-23-12-7-15-37(23)29(39)26(16-20-8-3-1-4-9-20)36-42(40,41)19-21-10-5-2-6-11-21/h1-6,8-11,13-14,17,23,26,36H,7,12,15-16,18-19H2,(H,33,38)(H4,31,32,34,35)/t23-,26+/m0/s1. The number of hydrogen-bond acceptors (Lipinski definition) is 8. The third-order valence-corrected chi connectivity index (χ3v) is 8.57. The van der Waals surface area contributed by atoms with Crippen molar-refractivity contribution >= 4 is 50.2 Å². The predicted molar refractivity (Wildman–Crippen MR) is 162 cm³/mol. The maximum absolute atomic E-state index is 13.9. The van der Waals surface area contributed by atoms with Gasteiger partial charge in [0.25, 0.3) is 0 Å². The molecule has 0 spiro atoms. The van der Waals surface area contributed by atoms with E-state index in [-0.39, 0.29) is 48.2 Å². The van der Waals surface area contributed by atoms with Crippen molar-refractivity contribution in [3.63, 3.8) is 0 Å². The first-order chi connectivity index (χ1) is 20.2. The number of nitrogens with zero attached hydrogens (tertiary/aromatic N) is 3. The normalized spacial score (nSPS) is 15.9. The molecule has 42 heavy (non-hydrogen) atoms. The topological polar surface area (TPSA) is 173 Å². The Morgan fingerprint density at radius 3 is 2.36 bits per heavy atom.